The standard InChI is InChI=1S/C27H26N2O3S/c1-2-31-25(30)18-33-27-23(16-28)26(22-10-6-7-11-24(22)29-27)20-12-14-21(15-13-20)32-17-19-8-4-3-5-9-19/h3-5,8-9,12-15H,2,6-7,10-11,17-18H2,1H3. The molecule has 4 rings (SSSR count). The lowest BCUT2D eigenvalue weighted by atomic mass is 9.87. The van der Waals surface area contributed by atoms with E-state index in [0.29, 0.717) is 23.8 Å². The molecule has 1 aliphatic carbocycles. The van der Waals surface area contributed by atoms with Gasteiger partial charge in [-0.25, -0.2) is 4.98 Å². The Morgan fingerprint density at radius 2 is 1.85 bits per heavy atom. The lowest BCUT2D eigenvalue weighted by Crippen LogP contribution is -2.12. The van der Waals surface area contributed by atoms with Crippen LogP contribution in [0.2, 0.25) is 0 Å². The Morgan fingerprint density at radius 3 is 2.58 bits per heavy atom. The first-order valence-corrected chi connectivity index (χ1v) is 12.2. The molecule has 0 saturated heterocycles. The number of thioether (sulfide) groups is 1. The summed E-state index contributed by atoms with van der Waals surface area (Å²) < 4.78 is 11.0. The summed E-state index contributed by atoms with van der Waals surface area (Å²) in [7, 11) is 0. The van der Waals surface area contributed by atoms with Gasteiger partial charge >= 0.3 is 5.97 Å². The van der Waals surface area contributed by atoms with Crippen molar-refractivity contribution >= 4 is 17.7 Å². The third-order valence-corrected chi connectivity index (χ3v) is 6.52. The fourth-order valence-corrected chi connectivity index (χ4v) is 4.84. The smallest absolute Gasteiger partial charge is 0.316 e. The molecule has 0 radical (unpaired) electrons. The van der Waals surface area contributed by atoms with E-state index in [2.05, 4.69) is 6.07 Å². The Hall–Kier alpha value is -3.30. The first kappa shape index (κ1) is 22.9. The van der Waals surface area contributed by atoms with Gasteiger partial charge in [0.2, 0.25) is 0 Å². The number of benzene rings is 2. The van der Waals surface area contributed by atoms with Gasteiger partial charge in [0.25, 0.3) is 0 Å². The van der Waals surface area contributed by atoms with Gasteiger partial charge in [-0.2, -0.15) is 5.26 Å². The second-order valence-electron chi connectivity index (χ2n) is 7.80. The van der Waals surface area contributed by atoms with E-state index in [1.807, 2.05) is 54.6 Å². The van der Waals surface area contributed by atoms with Crippen molar-refractivity contribution in [3.8, 4) is 22.9 Å². The lowest BCUT2D eigenvalue weighted by Gasteiger charge is -2.22. The van der Waals surface area contributed by atoms with Crippen LogP contribution < -0.4 is 4.74 Å². The zero-order chi connectivity index (χ0) is 23.0. The molecule has 3 aromatic rings. The number of aryl methyl sites for hydroxylation is 1. The summed E-state index contributed by atoms with van der Waals surface area (Å²) in [4.78, 5) is 16.7. The van der Waals surface area contributed by atoms with Crippen molar-refractivity contribution in [2.45, 2.75) is 44.2 Å². The van der Waals surface area contributed by atoms with Gasteiger partial charge in [0, 0.05) is 11.3 Å². The molecule has 2 aromatic carbocycles. The van der Waals surface area contributed by atoms with Crippen molar-refractivity contribution in [3.63, 3.8) is 0 Å². The number of aromatic nitrogens is 1. The number of hydrogen-bond donors (Lipinski definition) is 0. The van der Waals surface area contributed by atoms with Crippen molar-refractivity contribution in [3.05, 3.63) is 77.0 Å². The number of nitriles is 1. The molecule has 0 saturated carbocycles. The molecule has 1 aromatic heterocycles. The molecule has 0 bridgehead atoms. The zero-order valence-corrected chi connectivity index (χ0v) is 19.5. The van der Waals surface area contributed by atoms with Gasteiger partial charge in [-0.15, -0.1) is 0 Å². The summed E-state index contributed by atoms with van der Waals surface area (Å²) in [5.41, 5.74) is 5.73. The van der Waals surface area contributed by atoms with Gasteiger partial charge in [0.05, 0.1) is 17.9 Å². The number of ether oxygens (including phenoxy) is 2. The van der Waals surface area contributed by atoms with E-state index >= 15 is 0 Å². The molecule has 0 aliphatic heterocycles. The van der Waals surface area contributed by atoms with Crippen molar-refractivity contribution in [1.29, 1.82) is 5.26 Å². The van der Waals surface area contributed by atoms with Crippen molar-refractivity contribution in [1.82, 2.24) is 4.98 Å². The average molecular weight is 459 g/mol. The second-order valence-corrected chi connectivity index (χ2v) is 8.77. The number of fused-ring (bicyclic) bond motifs is 1. The highest BCUT2D eigenvalue weighted by Gasteiger charge is 2.23. The number of rotatable bonds is 8. The number of esters is 1. The molecule has 1 aliphatic rings. The van der Waals surface area contributed by atoms with E-state index in [4.69, 9.17) is 14.5 Å². The summed E-state index contributed by atoms with van der Waals surface area (Å²) in [5, 5.41) is 10.7. The Labute approximate surface area is 198 Å². The maximum atomic E-state index is 11.9. The quantitative estimate of drug-likeness (QED) is 0.317. The van der Waals surface area contributed by atoms with Crippen LogP contribution in [0.15, 0.2) is 59.6 Å². The van der Waals surface area contributed by atoms with Crippen LogP contribution in [0.1, 0.15) is 42.1 Å². The van der Waals surface area contributed by atoms with Crippen molar-refractivity contribution in [2.24, 2.45) is 0 Å². The predicted molar refractivity (Wildman–Crippen MR) is 129 cm³/mol. The molecule has 0 amide bonds. The Kier molecular flexibility index (Phi) is 7.64. The minimum absolute atomic E-state index is 0.139. The molecule has 6 heteroatoms. The molecular weight excluding hydrogens is 432 g/mol. The average Bonchev–Trinajstić information content (AvgIpc) is 2.86. The molecular formula is C27H26N2O3S. The SMILES string of the molecule is CCOC(=O)CSc1nc2c(c(-c3ccc(OCc4ccccc4)cc3)c1C#N)CCCC2. The maximum Gasteiger partial charge on any atom is 0.316 e. The maximum absolute atomic E-state index is 11.9. The third-order valence-electron chi connectivity index (χ3n) is 5.58. The van der Waals surface area contributed by atoms with Crippen LogP contribution in [0.25, 0.3) is 11.1 Å². The monoisotopic (exact) mass is 458 g/mol. The van der Waals surface area contributed by atoms with Crippen LogP contribution in [0.3, 0.4) is 0 Å². The summed E-state index contributed by atoms with van der Waals surface area (Å²) >= 11 is 1.28. The van der Waals surface area contributed by atoms with Crippen LogP contribution in [-0.4, -0.2) is 23.3 Å². The highest BCUT2D eigenvalue weighted by molar-refractivity contribution is 7.99. The topological polar surface area (TPSA) is 72.2 Å². The summed E-state index contributed by atoms with van der Waals surface area (Å²) in [6.45, 7) is 2.63. The van der Waals surface area contributed by atoms with E-state index in [0.717, 1.165) is 59.4 Å². The van der Waals surface area contributed by atoms with E-state index < -0.39 is 0 Å². The fourth-order valence-electron chi connectivity index (χ4n) is 4.03. The molecule has 0 unspecified atom stereocenters. The Bertz CT molecular complexity index is 1150. The Balaban J connectivity index is 1.63. The molecule has 1 heterocycles. The number of pyridine rings is 1. The summed E-state index contributed by atoms with van der Waals surface area (Å²) in [5.74, 6) is 0.619. The van der Waals surface area contributed by atoms with Crippen LogP contribution in [0.4, 0.5) is 0 Å². The van der Waals surface area contributed by atoms with Gasteiger partial charge in [0.15, 0.2) is 0 Å². The lowest BCUT2D eigenvalue weighted by molar-refractivity contribution is -0.139. The number of nitrogens with zero attached hydrogens (tertiary/aromatic N) is 2. The molecule has 0 spiro atoms. The molecule has 5 nitrogen and oxygen atoms in total. The highest BCUT2D eigenvalue weighted by atomic mass is 32.2. The van der Waals surface area contributed by atoms with E-state index in [1.54, 1.807) is 6.92 Å². The van der Waals surface area contributed by atoms with Crippen LogP contribution in [-0.2, 0) is 29.0 Å². The van der Waals surface area contributed by atoms with Crippen LogP contribution >= 0.6 is 11.8 Å². The van der Waals surface area contributed by atoms with Gasteiger partial charge < -0.3 is 9.47 Å². The van der Waals surface area contributed by atoms with Gasteiger partial charge in [-0.3, -0.25) is 4.79 Å². The fraction of sp³-hybridized carbons (Fsp3) is 0.296. The van der Waals surface area contributed by atoms with E-state index in [9.17, 15) is 10.1 Å². The van der Waals surface area contributed by atoms with Gasteiger partial charge in [-0.05, 0) is 61.4 Å². The summed E-state index contributed by atoms with van der Waals surface area (Å²) in [6.07, 6.45) is 3.96. The highest BCUT2D eigenvalue weighted by Crippen LogP contribution is 2.38. The first-order chi connectivity index (χ1) is 16.2. The third kappa shape index (κ3) is 5.55. The van der Waals surface area contributed by atoms with E-state index in [1.165, 1.54) is 11.8 Å². The van der Waals surface area contributed by atoms with E-state index in [-0.39, 0.29) is 11.7 Å². The predicted octanol–water partition coefficient (Wildman–Crippen LogP) is 5.73. The van der Waals surface area contributed by atoms with Crippen molar-refractivity contribution in [2.75, 3.05) is 12.4 Å². The largest absolute Gasteiger partial charge is 0.489 e. The minimum atomic E-state index is -0.299. The second kappa shape index (κ2) is 11.0. The zero-order valence-electron chi connectivity index (χ0n) is 18.7. The van der Waals surface area contributed by atoms with Gasteiger partial charge in [0.1, 0.15) is 23.5 Å². The summed E-state index contributed by atoms with van der Waals surface area (Å²) in [6, 6.07) is 20.3. The first-order valence-electron chi connectivity index (χ1n) is 11.2. The van der Waals surface area contributed by atoms with Crippen molar-refractivity contribution < 1.29 is 14.3 Å². The minimum Gasteiger partial charge on any atom is -0.489 e. The Morgan fingerprint density at radius 1 is 1.09 bits per heavy atom. The molecule has 0 atom stereocenters. The molecule has 0 N–H and O–H groups in total. The number of carbonyl (C=O) groups is 1. The molecule has 33 heavy (non-hydrogen) atoms. The number of carbonyl (C=O) groups excluding carboxylic acids is 1. The van der Waals surface area contributed by atoms with Crippen LogP contribution in [0.5, 0.6) is 5.75 Å². The van der Waals surface area contributed by atoms with Gasteiger partial charge in [-0.1, -0.05) is 54.2 Å². The van der Waals surface area contributed by atoms with Crippen LogP contribution in [0, 0.1) is 11.3 Å². The normalized spacial score (nSPS) is 12.5. The molecule has 168 valence electrons. The molecule has 0 fully saturated rings. The number of hydrogen-bond acceptors (Lipinski definition) is 6.